The Morgan fingerprint density at radius 1 is 1.38 bits per heavy atom. The Morgan fingerprint density at radius 2 is 2.08 bits per heavy atom. The number of rotatable bonds is 3. The first-order valence-electron chi connectivity index (χ1n) is 8.76. The Morgan fingerprint density at radius 3 is 2.62 bits per heavy atom. The standard InChI is InChI=1S/C18H28N4O2/c1-14-19-7-4-16(20-14)10-21-8-5-18(6-9-21)11-17(3,13-23)22(12-18)15(2)24/h4,7,23H,5-6,8-13H2,1-3H3/t17-/m1/s1. The van der Waals surface area contributed by atoms with E-state index in [0.29, 0.717) is 0 Å². The van der Waals surface area contributed by atoms with Gasteiger partial charge in [-0.1, -0.05) is 0 Å². The topological polar surface area (TPSA) is 69.6 Å². The second kappa shape index (κ2) is 6.41. The van der Waals surface area contributed by atoms with Gasteiger partial charge < -0.3 is 10.0 Å². The number of aliphatic hydroxyl groups excluding tert-OH is 1. The van der Waals surface area contributed by atoms with Crippen molar-refractivity contribution in [3.05, 3.63) is 23.8 Å². The maximum absolute atomic E-state index is 12.0. The molecule has 3 heterocycles. The van der Waals surface area contributed by atoms with Crippen LogP contribution in [-0.2, 0) is 11.3 Å². The van der Waals surface area contributed by atoms with E-state index >= 15 is 0 Å². The summed E-state index contributed by atoms with van der Waals surface area (Å²) >= 11 is 0. The molecule has 1 atom stereocenters. The van der Waals surface area contributed by atoms with Crippen molar-refractivity contribution in [1.82, 2.24) is 19.8 Å². The van der Waals surface area contributed by atoms with Crippen LogP contribution < -0.4 is 0 Å². The monoisotopic (exact) mass is 332 g/mol. The van der Waals surface area contributed by atoms with Crippen molar-refractivity contribution >= 4 is 5.91 Å². The highest BCUT2D eigenvalue weighted by Gasteiger charge is 2.52. The van der Waals surface area contributed by atoms with E-state index in [0.717, 1.165) is 57.0 Å². The molecule has 1 aromatic rings. The molecule has 6 heteroatoms. The van der Waals surface area contributed by atoms with E-state index in [1.165, 1.54) is 0 Å². The summed E-state index contributed by atoms with van der Waals surface area (Å²) in [5.74, 6) is 0.884. The van der Waals surface area contributed by atoms with Crippen molar-refractivity contribution in [2.45, 2.75) is 52.1 Å². The molecule has 1 N–H and O–H groups in total. The molecule has 0 bridgehead atoms. The molecule has 2 saturated heterocycles. The van der Waals surface area contributed by atoms with Crippen LogP contribution in [-0.4, -0.2) is 62.6 Å². The van der Waals surface area contributed by atoms with E-state index in [1.807, 2.05) is 31.0 Å². The molecule has 1 aromatic heterocycles. The van der Waals surface area contributed by atoms with Crippen LogP contribution in [0, 0.1) is 12.3 Å². The second-order valence-electron chi connectivity index (χ2n) is 7.81. The molecule has 132 valence electrons. The zero-order valence-electron chi connectivity index (χ0n) is 15.0. The molecule has 2 aliphatic heterocycles. The largest absolute Gasteiger partial charge is 0.394 e. The first kappa shape index (κ1) is 17.3. The van der Waals surface area contributed by atoms with Gasteiger partial charge in [0.15, 0.2) is 0 Å². The van der Waals surface area contributed by atoms with Crippen LogP contribution in [0.15, 0.2) is 12.3 Å². The van der Waals surface area contributed by atoms with E-state index < -0.39 is 5.54 Å². The van der Waals surface area contributed by atoms with Crippen molar-refractivity contribution in [3.8, 4) is 0 Å². The Bertz CT molecular complexity index is 613. The van der Waals surface area contributed by atoms with E-state index in [2.05, 4.69) is 14.9 Å². The van der Waals surface area contributed by atoms with Crippen LogP contribution in [0.5, 0.6) is 0 Å². The fourth-order valence-corrected chi connectivity index (χ4v) is 4.46. The third-order valence-corrected chi connectivity index (χ3v) is 5.76. The van der Waals surface area contributed by atoms with Crippen LogP contribution in [0.25, 0.3) is 0 Å². The molecular formula is C18H28N4O2. The summed E-state index contributed by atoms with van der Waals surface area (Å²) in [5.41, 5.74) is 0.814. The van der Waals surface area contributed by atoms with Gasteiger partial charge in [-0.2, -0.15) is 0 Å². The lowest BCUT2D eigenvalue weighted by Gasteiger charge is -2.39. The van der Waals surface area contributed by atoms with Crippen LogP contribution in [0.2, 0.25) is 0 Å². The lowest BCUT2D eigenvalue weighted by molar-refractivity contribution is -0.134. The first-order valence-corrected chi connectivity index (χ1v) is 8.76. The highest BCUT2D eigenvalue weighted by molar-refractivity contribution is 5.74. The summed E-state index contributed by atoms with van der Waals surface area (Å²) in [4.78, 5) is 24.9. The van der Waals surface area contributed by atoms with Gasteiger partial charge in [0.1, 0.15) is 5.82 Å². The number of piperidine rings is 1. The minimum atomic E-state index is -0.405. The van der Waals surface area contributed by atoms with Crippen molar-refractivity contribution < 1.29 is 9.90 Å². The van der Waals surface area contributed by atoms with E-state index in [9.17, 15) is 9.90 Å². The number of aryl methyl sites for hydroxylation is 1. The number of aliphatic hydroxyl groups is 1. The number of hydrogen-bond acceptors (Lipinski definition) is 5. The summed E-state index contributed by atoms with van der Waals surface area (Å²) < 4.78 is 0. The molecule has 0 aliphatic carbocycles. The molecular weight excluding hydrogens is 304 g/mol. The number of hydrogen-bond donors (Lipinski definition) is 1. The van der Waals surface area contributed by atoms with Crippen LogP contribution in [0.3, 0.4) is 0 Å². The van der Waals surface area contributed by atoms with Crippen molar-refractivity contribution in [2.24, 2.45) is 5.41 Å². The summed E-state index contributed by atoms with van der Waals surface area (Å²) in [6.45, 7) is 9.23. The summed E-state index contributed by atoms with van der Waals surface area (Å²) in [7, 11) is 0. The average molecular weight is 332 g/mol. The van der Waals surface area contributed by atoms with E-state index in [1.54, 1.807) is 6.92 Å². The van der Waals surface area contributed by atoms with Crippen LogP contribution in [0.4, 0.5) is 0 Å². The van der Waals surface area contributed by atoms with Crippen LogP contribution >= 0.6 is 0 Å². The molecule has 24 heavy (non-hydrogen) atoms. The summed E-state index contributed by atoms with van der Waals surface area (Å²) in [6.07, 6.45) is 4.85. The van der Waals surface area contributed by atoms with Gasteiger partial charge in [0.2, 0.25) is 5.91 Å². The number of likely N-dealkylation sites (tertiary alicyclic amines) is 2. The normalized spacial score (nSPS) is 26.9. The molecule has 0 radical (unpaired) electrons. The van der Waals surface area contributed by atoms with E-state index in [4.69, 9.17) is 0 Å². The Labute approximate surface area is 143 Å². The Balaban J connectivity index is 1.63. The number of carbonyl (C=O) groups excluding carboxylic acids is 1. The van der Waals surface area contributed by atoms with Crippen LogP contribution in [0.1, 0.15) is 44.6 Å². The average Bonchev–Trinajstić information content (AvgIpc) is 2.84. The third kappa shape index (κ3) is 3.30. The number of aromatic nitrogens is 2. The molecule has 2 fully saturated rings. The maximum atomic E-state index is 12.0. The fraction of sp³-hybridized carbons (Fsp3) is 0.722. The zero-order valence-corrected chi connectivity index (χ0v) is 15.0. The molecule has 0 unspecified atom stereocenters. The highest BCUT2D eigenvalue weighted by Crippen LogP contribution is 2.48. The van der Waals surface area contributed by atoms with Crippen molar-refractivity contribution in [3.63, 3.8) is 0 Å². The maximum Gasteiger partial charge on any atom is 0.219 e. The molecule has 0 saturated carbocycles. The zero-order chi connectivity index (χ0) is 17.4. The Hall–Kier alpha value is -1.53. The Kier molecular flexibility index (Phi) is 4.62. The van der Waals surface area contributed by atoms with Gasteiger partial charge in [0.05, 0.1) is 17.8 Å². The fourth-order valence-electron chi connectivity index (χ4n) is 4.46. The minimum Gasteiger partial charge on any atom is -0.394 e. The van der Waals surface area contributed by atoms with Crippen molar-refractivity contribution in [2.75, 3.05) is 26.2 Å². The van der Waals surface area contributed by atoms with Gasteiger partial charge >= 0.3 is 0 Å². The van der Waals surface area contributed by atoms with Gasteiger partial charge in [-0.15, -0.1) is 0 Å². The lowest BCUT2D eigenvalue weighted by Crippen LogP contribution is -2.46. The summed E-state index contributed by atoms with van der Waals surface area (Å²) in [6, 6.07) is 1.98. The number of amides is 1. The van der Waals surface area contributed by atoms with E-state index in [-0.39, 0.29) is 17.9 Å². The predicted octanol–water partition coefficient (Wildman–Crippen LogP) is 1.37. The summed E-state index contributed by atoms with van der Waals surface area (Å²) in [5, 5.41) is 9.81. The second-order valence-corrected chi connectivity index (χ2v) is 7.81. The molecule has 3 rings (SSSR count). The highest BCUT2D eigenvalue weighted by atomic mass is 16.3. The predicted molar refractivity (Wildman–Crippen MR) is 91.2 cm³/mol. The number of nitrogens with zero attached hydrogens (tertiary/aromatic N) is 4. The van der Waals surface area contributed by atoms with Gasteiger partial charge in [0.25, 0.3) is 0 Å². The smallest absolute Gasteiger partial charge is 0.219 e. The molecule has 0 aromatic carbocycles. The number of carbonyl (C=O) groups is 1. The third-order valence-electron chi connectivity index (χ3n) is 5.76. The van der Waals surface area contributed by atoms with Gasteiger partial charge in [-0.25, -0.2) is 9.97 Å². The molecule has 1 spiro atoms. The minimum absolute atomic E-state index is 0.0399. The van der Waals surface area contributed by atoms with Gasteiger partial charge in [-0.05, 0) is 57.7 Å². The van der Waals surface area contributed by atoms with Crippen molar-refractivity contribution in [1.29, 1.82) is 0 Å². The molecule has 6 nitrogen and oxygen atoms in total. The molecule has 1 amide bonds. The lowest BCUT2D eigenvalue weighted by atomic mass is 9.74. The first-order chi connectivity index (χ1) is 11.4. The quantitative estimate of drug-likeness (QED) is 0.905. The van der Waals surface area contributed by atoms with Gasteiger partial charge in [0, 0.05) is 26.2 Å². The van der Waals surface area contributed by atoms with Gasteiger partial charge in [-0.3, -0.25) is 9.69 Å². The molecule has 2 aliphatic rings. The SMILES string of the molecule is CC(=O)N1CC2(CCN(Cc3ccnc(C)n3)CC2)C[C@]1(C)CO.